The summed E-state index contributed by atoms with van der Waals surface area (Å²) in [6.07, 6.45) is 4.26. The second-order valence-electron chi connectivity index (χ2n) is 5.65. The van der Waals surface area contributed by atoms with E-state index in [1.54, 1.807) is 0 Å². The van der Waals surface area contributed by atoms with Crippen LogP contribution in [0.15, 0.2) is 11.6 Å². The molecule has 0 heterocycles. The zero-order valence-electron chi connectivity index (χ0n) is 9.08. The van der Waals surface area contributed by atoms with Gasteiger partial charge >= 0.3 is 5.97 Å². The van der Waals surface area contributed by atoms with Gasteiger partial charge in [0.05, 0.1) is 5.92 Å². The van der Waals surface area contributed by atoms with Crippen molar-refractivity contribution in [2.45, 2.75) is 33.6 Å². The van der Waals surface area contributed by atoms with Crippen LogP contribution >= 0.6 is 0 Å². The van der Waals surface area contributed by atoms with Crippen LogP contribution in [0, 0.1) is 23.2 Å². The van der Waals surface area contributed by atoms with Gasteiger partial charge in [-0.2, -0.15) is 0 Å². The zero-order valence-corrected chi connectivity index (χ0v) is 9.08. The zero-order chi connectivity index (χ0) is 10.5. The molecule has 2 bridgehead atoms. The lowest BCUT2D eigenvalue weighted by atomic mass is 9.75. The van der Waals surface area contributed by atoms with E-state index in [4.69, 9.17) is 5.11 Å². The third kappa shape index (κ3) is 1.37. The number of allylic oxidation sites excluding steroid dienone is 2. The number of rotatable bonds is 1. The average molecular weight is 194 g/mol. The molecule has 14 heavy (non-hydrogen) atoms. The van der Waals surface area contributed by atoms with Gasteiger partial charge in [-0.05, 0) is 30.1 Å². The van der Waals surface area contributed by atoms with E-state index in [1.165, 1.54) is 5.57 Å². The first-order valence-electron chi connectivity index (χ1n) is 5.34. The molecule has 2 rings (SSSR count). The molecule has 78 valence electrons. The van der Waals surface area contributed by atoms with Crippen LogP contribution < -0.4 is 0 Å². The second-order valence-corrected chi connectivity index (χ2v) is 5.65. The number of fused-ring (bicyclic) bond motifs is 2. The summed E-state index contributed by atoms with van der Waals surface area (Å²) in [5.74, 6) is 0.138. The summed E-state index contributed by atoms with van der Waals surface area (Å²) >= 11 is 0. The molecule has 0 aromatic carbocycles. The molecular weight excluding hydrogens is 176 g/mol. The molecule has 3 atom stereocenters. The van der Waals surface area contributed by atoms with Gasteiger partial charge in [-0.15, -0.1) is 0 Å². The van der Waals surface area contributed by atoms with Crippen LogP contribution in [0.3, 0.4) is 0 Å². The molecule has 0 spiro atoms. The third-order valence-electron chi connectivity index (χ3n) is 3.60. The predicted octanol–water partition coefficient (Wildman–Crippen LogP) is 2.70. The van der Waals surface area contributed by atoms with E-state index in [9.17, 15) is 4.79 Å². The molecular formula is C12H18O2. The van der Waals surface area contributed by atoms with Gasteiger partial charge in [0.2, 0.25) is 0 Å². The Bertz CT molecular complexity index is 296. The molecule has 1 N–H and O–H groups in total. The Morgan fingerprint density at radius 2 is 2.07 bits per heavy atom. The maximum absolute atomic E-state index is 11.0. The topological polar surface area (TPSA) is 37.3 Å². The van der Waals surface area contributed by atoms with Gasteiger partial charge < -0.3 is 5.11 Å². The van der Waals surface area contributed by atoms with Gasteiger partial charge in [-0.1, -0.05) is 32.4 Å². The maximum atomic E-state index is 11.0. The van der Waals surface area contributed by atoms with Crippen molar-refractivity contribution in [2.24, 2.45) is 23.2 Å². The van der Waals surface area contributed by atoms with Crippen LogP contribution in [-0.2, 0) is 4.79 Å². The molecule has 0 radical (unpaired) electrons. The molecule has 0 aromatic heterocycles. The number of hydrogen-bond acceptors (Lipinski definition) is 1. The van der Waals surface area contributed by atoms with Crippen molar-refractivity contribution in [3.8, 4) is 0 Å². The standard InChI is InChI=1S/C12H18O2/c1-12(2,3)10-6-7-4-8(10)9(5-7)11(13)14/h6-9H,4-5H2,1-3H3,(H,13,14). The van der Waals surface area contributed by atoms with Crippen LogP contribution in [0.4, 0.5) is 0 Å². The molecule has 2 nitrogen and oxygen atoms in total. The number of carboxylic acid groups (broad SMARTS) is 1. The monoisotopic (exact) mass is 194 g/mol. The van der Waals surface area contributed by atoms with Crippen molar-refractivity contribution in [3.05, 3.63) is 11.6 Å². The highest BCUT2D eigenvalue weighted by Crippen LogP contribution is 2.52. The molecule has 2 heteroatoms. The highest BCUT2D eigenvalue weighted by Gasteiger charge is 2.46. The van der Waals surface area contributed by atoms with Gasteiger partial charge in [-0.3, -0.25) is 4.79 Å². The van der Waals surface area contributed by atoms with E-state index in [0.29, 0.717) is 11.8 Å². The lowest BCUT2D eigenvalue weighted by molar-refractivity contribution is -0.142. The maximum Gasteiger partial charge on any atom is 0.307 e. The first-order valence-corrected chi connectivity index (χ1v) is 5.34. The Morgan fingerprint density at radius 1 is 1.43 bits per heavy atom. The van der Waals surface area contributed by atoms with Crippen LogP contribution in [0.2, 0.25) is 0 Å². The molecule has 1 saturated carbocycles. The lowest BCUT2D eigenvalue weighted by Gasteiger charge is -2.30. The van der Waals surface area contributed by atoms with Gasteiger partial charge in [0, 0.05) is 0 Å². The van der Waals surface area contributed by atoms with E-state index >= 15 is 0 Å². The van der Waals surface area contributed by atoms with E-state index < -0.39 is 5.97 Å². The largest absolute Gasteiger partial charge is 0.481 e. The number of carboxylic acids is 1. The minimum absolute atomic E-state index is 0.112. The summed E-state index contributed by atoms with van der Waals surface area (Å²) in [5, 5.41) is 9.09. The molecule has 0 saturated heterocycles. The number of carbonyl (C=O) groups is 1. The summed E-state index contributed by atoms with van der Waals surface area (Å²) in [7, 11) is 0. The Kier molecular flexibility index (Phi) is 1.98. The van der Waals surface area contributed by atoms with E-state index in [1.807, 2.05) is 0 Å². The van der Waals surface area contributed by atoms with Gasteiger partial charge in [0.15, 0.2) is 0 Å². The van der Waals surface area contributed by atoms with E-state index in [2.05, 4.69) is 26.8 Å². The quantitative estimate of drug-likeness (QED) is 0.652. The predicted molar refractivity (Wildman–Crippen MR) is 54.9 cm³/mol. The van der Waals surface area contributed by atoms with Gasteiger partial charge in [-0.25, -0.2) is 0 Å². The van der Waals surface area contributed by atoms with Crippen LogP contribution in [0.1, 0.15) is 33.6 Å². The summed E-state index contributed by atoms with van der Waals surface area (Å²) in [4.78, 5) is 11.0. The van der Waals surface area contributed by atoms with Crippen molar-refractivity contribution in [1.82, 2.24) is 0 Å². The van der Waals surface area contributed by atoms with Crippen LogP contribution in [0.25, 0.3) is 0 Å². The first kappa shape index (κ1) is 9.75. The Morgan fingerprint density at radius 3 is 2.50 bits per heavy atom. The molecule has 0 aromatic rings. The molecule has 0 amide bonds. The second kappa shape index (κ2) is 2.85. The smallest absolute Gasteiger partial charge is 0.307 e. The fourth-order valence-corrected chi connectivity index (χ4v) is 3.01. The molecule has 3 unspecified atom stereocenters. The average Bonchev–Trinajstić information content (AvgIpc) is 2.58. The normalized spacial score (nSPS) is 35.9. The first-order chi connectivity index (χ1) is 6.39. The number of hydrogen-bond donors (Lipinski definition) is 1. The van der Waals surface area contributed by atoms with E-state index in [0.717, 1.165) is 12.8 Å². The Labute approximate surface area is 85.0 Å². The third-order valence-corrected chi connectivity index (χ3v) is 3.60. The van der Waals surface area contributed by atoms with Crippen LogP contribution in [0.5, 0.6) is 0 Å². The van der Waals surface area contributed by atoms with E-state index in [-0.39, 0.29) is 11.3 Å². The summed E-state index contributed by atoms with van der Waals surface area (Å²) in [5.41, 5.74) is 1.52. The summed E-state index contributed by atoms with van der Waals surface area (Å²) in [6, 6.07) is 0. The molecule has 2 aliphatic carbocycles. The van der Waals surface area contributed by atoms with Crippen molar-refractivity contribution in [2.75, 3.05) is 0 Å². The SMILES string of the molecule is CC(C)(C)C1=CC2CC(C(=O)O)C1C2. The number of aliphatic carboxylic acids is 1. The Hall–Kier alpha value is -0.790. The van der Waals surface area contributed by atoms with Crippen molar-refractivity contribution >= 4 is 5.97 Å². The minimum Gasteiger partial charge on any atom is -0.481 e. The van der Waals surface area contributed by atoms with Gasteiger partial charge in [0.25, 0.3) is 0 Å². The molecule has 2 aliphatic rings. The summed E-state index contributed by atoms with van der Waals surface area (Å²) in [6.45, 7) is 6.54. The highest BCUT2D eigenvalue weighted by atomic mass is 16.4. The minimum atomic E-state index is -0.604. The van der Waals surface area contributed by atoms with Gasteiger partial charge in [0.1, 0.15) is 0 Å². The van der Waals surface area contributed by atoms with Crippen LogP contribution in [-0.4, -0.2) is 11.1 Å². The van der Waals surface area contributed by atoms with Crippen molar-refractivity contribution < 1.29 is 9.90 Å². The van der Waals surface area contributed by atoms with Crippen molar-refractivity contribution in [3.63, 3.8) is 0 Å². The molecule has 0 aliphatic heterocycles. The molecule has 1 fully saturated rings. The Balaban J connectivity index is 2.25. The highest BCUT2D eigenvalue weighted by molar-refractivity contribution is 5.72. The lowest BCUT2D eigenvalue weighted by Crippen LogP contribution is -2.26. The van der Waals surface area contributed by atoms with Crippen molar-refractivity contribution in [1.29, 1.82) is 0 Å². The fraction of sp³-hybridized carbons (Fsp3) is 0.750. The fourth-order valence-electron chi connectivity index (χ4n) is 3.01. The summed E-state index contributed by atoms with van der Waals surface area (Å²) < 4.78 is 0.